The van der Waals surface area contributed by atoms with Crippen LogP contribution in [0.15, 0.2) is 0 Å². The Morgan fingerprint density at radius 3 is 2.38 bits per heavy atom. The third kappa shape index (κ3) is 4.56. The second-order valence-corrected chi connectivity index (χ2v) is 5.38. The van der Waals surface area contributed by atoms with Gasteiger partial charge in [-0.15, -0.1) is 0 Å². The van der Waals surface area contributed by atoms with Crippen molar-refractivity contribution in [3.63, 3.8) is 0 Å². The summed E-state index contributed by atoms with van der Waals surface area (Å²) in [6.45, 7) is 10.1. The van der Waals surface area contributed by atoms with E-state index in [4.69, 9.17) is 15.5 Å². The summed E-state index contributed by atoms with van der Waals surface area (Å²) in [7, 11) is 1.73. The minimum absolute atomic E-state index is 0.447. The number of nitrogen functional groups attached to an aromatic ring is 1. The summed E-state index contributed by atoms with van der Waals surface area (Å²) in [5.74, 6) is 2.40. The van der Waals surface area contributed by atoms with Gasteiger partial charge < -0.3 is 15.4 Å². The molecule has 0 unspecified atom stereocenters. The van der Waals surface area contributed by atoms with E-state index < -0.39 is 0 Å². The highest BCUT2D eigenvalue weighted by atomic mass is 16.5. The molecule has 0 saturated carbocycles. The normalized spacial score (nSPS) is 11.1. The number of hydrogen-bond acceptors (Lipinski definition) is 5. The van der Waals surface area contributed by atoms with Crippen LogP contribution in [-0.4, -0.2) is 36.3 Å². The topological polar surface area (TPSA) is 64.3 Å². The molecule has 5 heteroatoms. The van der Waals surface area contributed by atoms with Crippen LogP contribution in [0.25, 0.3) is 0 Å². The van der Waals surface area contributed by atoms with Gasteiger partial charge in [-0.25, -0.2) is 9.97 Å². The van der Waals surface area contributed by atoms with Gasteiger partial charge >= 0.3 is 0 Å². The lowest BCUT2D eigenvalue weighted by Gasteiger charge is -2.33. The summed E-state index contributed by atoms with van der Waals surface area (Å²) in [5.41, 5.74) is 7.06. The highest BCUT2D eigenvalue weighted by Gasteiger charge is 2.21. The summed E-state index contributed by atoms with van der Waals surface area (Å²) in [5, 5.41) is 0. The molecule has 0 aliphatic rings. The molecule has 1 aromatic rings. The van der Waals surface area contributed by atoms with Crippen LogP contribution in [-0.2, 0) is 11.2 Å². The van der Waals surface area contributed by atoms with Gasteiger partial charge in [0.2, 0.25) is 0 Å². The van der Waals surface area contributed by atoms with Crippen LogP contribution >= 0.6 is 0 Å². The van der Waals surface area contributed by atoms with E-state index in [2.05, 4.69) is 30.7 Å². The smallest absolute Gasteiger partial charge is 0.137 e. The maximum Gasteiger partial charge on any atom is 0.137 e. The molecule has 0 aliphatic heterocycles. The van der Waals surface area contributed by atoms with Crippen molar-refractivity contribution in [3.8, 4) is 0 Å². The van der Waals surface area contributed by atoms with E-state index in [0.717, 1.165) is 49.4 Å². The van der Waals surface area contributed by atoms with Crippen LogP contribution in [0.3, 0.4) is 0 Å². The predicted octanol–water partition coefficient (Wildman–Crippen LogP) is 2.96. The minimum Gasteiger partial charge on any atom is -0.383 e. The number of methoxy groups -OCH3 is 1. The Kier molecular flexibility index (Phi) is 7.43. The van der Waals surface area contributed by atoms with Gasteiger partial charge in [-0.2, -0.15) is 0 Å². The molecule has 0 amide bonds. The van der Waals surface area contributed by atoms with E-state index in [-0.39, 0.29) is 0 Å². The van der Waals surface area contributed by atoms with E-state index in [0.29, 0.717) is 18.5 Å². The van der Waals surface area contributed by atoms with Crippen LogP contribution in [0.1, 0.15) is 51.4 Å². The summed E-state index contributed by atoms with van der Waals surface area (Å²) in [4.78, 5) is 11.5. The summed E-state index contributed by atoms with van der Waals surface area (Å²) in [6.07, 6.45) is 4.03. The summed E-state index contributed by atoms with van der Waals surface area (Å²) < 4.78 is 5.26. The Labute approximate surface area is 128 Å². The Morgan fingerprint density at radius 2 is 1.86 bits per heavy atom. The van der Waals surface area contributed by atoms with E-state index in [1.54, 1.807) is 7.11 Å². The SMILES string of the molecule is CCCc1nc(N)c(C)c(N(CCOC)C(CC)CC)n1. The molecule has 0 bridgehead atoms. The third-order valence-corrected chi connectivity index (χ3v) is 3.87. The fourth-order valence-corrected chi connectivity index (χ4v) is 2.56. The Morgan fingerprint density at radius 1 is 1.19 bits per heavy atom. The molecule has 1 heterocycles. The van der Waals surface area contributed by atoms with E-state index in [9.17, 15) is 0 Å². The zero-order valence-electron chi connectivity index (χ0n) is 14.1. The number of aryl methyl sites for hydroxylation is 1. The van der Waals surface area contributed by atoms with Gasteiger partial charge in [-0.05, 0) is 26.2 Å². The van der Waals surface area contributed by atoms with Crippen LogP contribution < -0.4 is 10.6 Å². The van der Waals surface area contributed by atoms with Gasteiger partial charge in [0.1, 0.15) is 17.5 Å². The first-order valence-corrected chi connectivity index (χ1v) is 7.97. The Hall–Kier alpha value is -1.36. The summed E-state index contributed by atoms with van der Waals surface area (Å²) in [6, 6.07) is 0.447. The van der Waals surface area contributed by atoms with Crippen molar-refractivity contribution in [2.45, 2.75) is 59.4 Å². The third-order valence-electron chi connectivity index (χ3n) is 3.87. The molecule has 21 heavy (non-hydrogen) atoms. The number of aromatic nitrogens is 2. The van der Waals surface area contributed by atoms with Crippen molar-refractivity contribution in [2.75, 3.05) is 30.9 Å². The summed E-state index contributed by atoms with van der Waals surface area (Å²) >= 11 is 0. The molecule has 5 nitrogen and oxygen atoms in total. The van der Waals surface area contributed by atoms with E-state index in [1.807, 2.05) is 6.92 Å². The van der Waals surface area contributed by atoms with Crippen molar-refractivity contribution in [1.29, 1.82) is 0 Å². The lowest BCUT2D eigenvalue weighted by Crippen LogP contribution is -2.38. The molecule has 1 aromatic heterocycles. The van der Waals surface area contributed by atoms with Crippen molar-refractivity contribution in [3.05, 3.63) is 11.4 Å². The molecule has 0 aromatic carbocycles. The lowest BCUT2D eigenvalue weighted by molar-refractivity contribution is 0.202. The van der Waals surface area contributed by atoms with Gasteiger partial charge in [0.05, 0.1) is 6.61 Å². The molecule has 0 aliphatic carbocycles. The first-order chi connectivity index (χ1) is 10.1. The Bertz CT molecular complexity index is 433. The van der Waals surface area contributed by atoms with Crippen LogP contribution in [0.2, 0.25) is 0 Å². The van der Waals surface area contributed by atoms with Crippen molar-refractivity contribution >= 4 is 11.6 Å². The molecule has 0 radical (unpaired) electrons. The molecule has 1 rings (SSSR count). The number of hydrogen-bond donors (Lipinski definition) is 1. The number of rotatable bonds is 9. The molecule has 0 atom stereocenters. The monoisotopic (exact) mass is 294 g/mol. The zero-order valence-corrected chi connectivity index (χ0v) is 14.1. The van der Waals surface area contributed by atoms with Gasteiger partial charge in [-0.1, -0.05) is 20.8 Å². The average molecular weight is 294 g/mol. The quantitative estimate of drug-likeness (QED) is 0.758. The van der Waals surface area contributed by atoms with Crippen molar-refractivity contribution in [2.24, 2.45) is 0 Å². The molecule has 2 N–H and O–H groups in total. The maximum absolute atomic E-state index is 6.09. The van der Waals surface area contributed by atoms with Crippen molar-refractivity contribution < 1.29 is 4.74 Å². The predicted molar refractivity (Wildman–Crippen MR) is 88.8 cm³/mol. The molecular weight excluding hydrogens is 264 g/mol. The fraction of sp³-hybridized carbons (Fsp3) is 0.750. The standard InChI is InChI=1S/C16H30N4O/c1-6-9-14-18-15(17)12(4)16(19-14)20(10-11-21-5)13(7-2)8-3/h13H,6-11H2,1-5H3,(H2,17,18,19). The average Bonchev–Trinajstić information content (AvgIpc) is 2.47. The highest BCUT2D eigenvalue weighted by molar-refractivity contribution is 5.57. The number of ether oxygens (including phenoxy) is 1. The second kappa shape index (κ2) is 8.82. The molecule has 120 valence electrons. The lowest BCUT2D eigenvalue weighted by atomic mass is 10.1. The number of nitrogens with two attached hydrogens (primary N) is 1. The van der Waals surface area contributed by atoms with Gasteiger partial charge in [0.25, 0.3) is 0 Å². The van der Waals surface area contributed by atoms with Crippen LogP contribution in [0, 0.1) is 6.92 Å². The minimum atomic E-state index is 0.447. The molecule has 0 fully saturated rings. The van der Waals surface area contributed by atoms with Gasteiger partial charge in [0, 0.05) is 31.7 Å². The van der Waals surface area contributed by atoms with Gasteiger partial charge in [0.15, 0.2) is 0 Å². The molecule has 0 spiro atoms. The first kappa shape index (κ1) is 17.7. The maximum atomic E-state index is 6.09. The molecule has 0 saturated heterocycles. The van der Waals surface area contributed by atoms with E-state index >= 15 is 0 Å². The molecular formula is C16H30N4O. The second-order valence-electron chi connectivity index (χ2n) is 5.38. The van der Waals surface area contributed by atoms with Crippen LogP contribution in [0.5, 0.6) is 0 Å². The number of anilines is 2. The van der Waals surface area contributed by atoms with Crippen LogP contribution in [0.4, 0.5) is 11.6 Å². The van der Waals surface area contributed by atoms with E-state index in [1.165, 1.54) is 0 Å². The number of nitrogens with zero attached hydrogens (tertiary/aromatic N) is 3. The highest BCUT2D eigenvalue weighted by Crippen LogP contribution is 2.25. The zero-order chi connectivity index (χ0) is 15.8. The first-order valence-electron chi connectivity index (χ1n) is 7.97. The fourth-order valence-electron chi connectivity index (χ4n) is 2.56. The van der Waals surface area contributed by atoms with Gasteiger partial charge in [-0.3, -0.25) is 0 Å². The largest absolute Gasteiger partial charge is 0.383 e. The van der Waals surface area contributed by atoms with Crippen molar-refractivity contribution in [1.82, 2.24) is 9.97 Å². The Balaban J connectivity index is 3.20.